The van der Waals surface area contributed by atoms with Crippen molar-refractivity contribution in [2.75, 3.05) is 0 Å². The summed E-state index contributed by atoms with van der Waals surface area (Å²) in [4.78, 5) is 0. The van der Waals surface area contributed by atoms with E-state index in [1.54, 1.807) is 0 Å². The Balaban J connectivity index is 3.09. The van der Waals surface area contributed by atoms with Gasteiger partial charge in [-0.15, -0.1) is 11.6 Å². The lowest BCUT2D eigenvalue weighted by Gasteiger charge is -2.02. The fourth-order valence-corrected chi connectivity index (χ4v) is 1.34. The van der Waals surface area contributed by atoms with E-state index < -0.39 is 0 Å². The number of hydrogen-bond donors (Lipinski definition) is 0. The van der Waals surface area contributed by atoms with E-state index in [4.69, 9.17) is 11.6 Å². The molecule has 0 saturated heterocycles. The van der Waals surface area contributed by atoms with Crippen LogP contribution in [0.25, 0.3) is 6.08 Å². The van der Waals surface area contributed by atoms with Gasteiger partial charge >= 0.3 is 0 Å². The first kappa shape index (κ1) is 9.34. The van der Waals surface area contributed by atoms with Gasteiger partial charge in [0, 0.05) is 5.88 Å². The third-order valence-corrected chi connectivity index (χ3v) is 2.18. The van der Waals surface area contributed by atoms with Crippen molar-refractivity contribution in [2.45, 2.75) is 19.2 Å². The lowest BCUT2D eigenvalue weighted by molar-refractivity contribution is 1.13. The summed E-state index contributed by atoms with van der Waals surface area (Å²) in [7, 11) is 0. The number of rotatable bonds is 3. The monoisotopic (exact) mass is 180 g/mol. The second-order valence-corrected chi connectivity index (χ2v) is 3.04. The summed E-state index contributed by atoms with van der Waals surface area (Å²) in [5.74, 6) is 0.578. The van der Waals surface area contributed by atoms with Crippen molar-refractivity contribution in [3.63, 3.8) is 0 Å². The Morgan fingerprint density at radius 3 is 2.50 bits per heavy atom. The summed E-state index contributed by atoms with van der Waals surface area (Å²) in [5, 5.41) is 0. The lowest BCUT2D eigenvalue weighted by Crippen LogP contribution is -1.86. The number of alkyl halides is 1. The van der Waals surface area contributed by atoms with Crippen LogP contribution in [0.15, 0.2) is 24.8 Å². The summed E-state index contributed by atoms with van der Waals surface area (Å²) in [6.07, 6.45) is 2.90. The van der Waals surface area contributed by atoms with Gasteiger partial charge in [0.05, 0.1) is 0 Å². The molecule has 0 aliphatic rings. The van der Waals surface area contributed by atoms with E-state index in [0.29, 0.717) is 5.88 Å². The maximum Gasteiger partial charge on any atom is 0.0474 e. The summed E-state index contributed by atoms with van der Waals surface area (Å²) < 4.78 is 0. The number of benzene rings is 1. The van der Waals surface area contributed by atoms with E-state index in [9.17, 15) is 0 Å². The van der Waals surface area contributed by atoms with Crippen molar-refractivity contribution in [3.8, 4) is 0 Å². The molecule has 0 unspecified atom stereocenters. The zero-order valence-electron chi connectivity index (χ0n) is 7.31. The highest BCUT2D eigenvalue weighted by molar-refractivity contribution is 6.17. The van der Waals surface area contributed by atoms with Crippen LogP contribution in [-0.2, 0) is 12.3 Å². The second-order valence-electron chi connectivity index (χ2n) is 2.77. The van der Waals surface area contributed by atoms with E-state index in [1.165, 1.54) is 11.1 Å². The predicted octanol–water partition coefficient (Wildman–Crippen LogP) is 3.63. The van der Waals surface area contributed by atoms with Gasteiger partial charge in [0.25, 0.3) is 0 Å². The molecule has 0 radical (unpaired) electrons. The van der Waals surface area contributed by atoms with E-state index in [-0.39, 0.29) is 0 Å². The smallest absolute Gasteiger partial charge is 0.0474 e. The third kappa shape index (κ3) is 2.12. The molecule has 1 rings (SSSR count). The van der Waals surface area contributed by atoms with Gasteiger partial charge in [0.2, 0.25) is 0 Å². The highest BCUT2D eigenvalue weighted by atomic mass is 35.5. The number of aryl methyl sites for hydroxylation is 1. The molecule has 0 saturated carbocycles. The zero-order valence-corrected chi connectivity index (χ0v) is 8.06. The largest absolute Gasteiger partial charge is 0.122 e. The molecule has 0 heterocycles. The Hall–Kier alpha value is -0.750. The van der Waals surface area contributed by atoms with Crippen LogP contribution in [0, 0.1) is 0 Å². The molecular formula is C11H13Cl. The standard InChI is InChI=1S/C11H13Cl/c1-3-9-5-10(4-2)7-11(6-9)8-12/h3,5-7H,1,4,8H2,2H3. The van der Waals surface area contributed by atoms with Gasteiger partial charge in [-0.25, -0.2) is 0 Å². The van der Waals surface area contributed by atoms with E-state index >= 15 is 0 Å². The molecular weight excluding hydrogens is 168 g/mol. The van der Waals surface area contributed by atoms with Gasteiger partial charge < -0.3 is 0 Å². The summed E-state index contributed by atoms with van der Waals surface area (Å²) in [6, 6.07) is 6.35. The maximum atomic E-state index is 5.75. The molecule has 0 nitrogen and oxygen atoms in total. The van der Waals surface area contributed by atoms with Crippen molar-refractivity contribution in [2.24, 2.45) is 0 Å². The average Bonchev–Trinajstić information content (AvgIpc) is 2.16. The van der Waals surface area contributed by atoms with Crippen LogP contribution in [-0.4, -0.2) is 0 Å². The Morgan fingerprint density at radius 2 is 2.00 bits per heavy atom. The molecule has 0 aliphatic carbocycles. The molecule has 1 aromatic carbocycles. The normalized spacial score (nSPS) is 9.83. The average molecular weight is 181 g/mol. The van der Waals surface area contributed by atoms with Crippen LogP contribution in [0.1, 0.15) is 23.6 Å². The Bertz CT molecular complexity index is 254. The van der Waals surface area contributed by atoms with Crippen LogP contribution in [0.3, 0.4) is 0 Å². The molecule has 0 aliphatic heterocycles. The molecule has 0 fully saturated rings. The maximum absolute atomic E-state index is 5.75. The van der Waals surface area contributed by atoms with Crippen molar-refractivity contribution in [1.29, 1.82) is 0 Å². The second kappa shape index (κ2) is 4.32. The minimum absolute atomic E-state index is 0.578. The topological polar surface area (TPSA) is 0 Å². The Kier molecular flexibility index (Phi) is 3.36. The SMILES string of the molecule is C=Cc1cc(CC)cc(CCl)c1. The first-order valence-electron chi connectivity index (χ1n) is 4.11. The molecule has 1 aromatic rings. The van der Waals surface area contributed by atoms with Crippen molar-refractivity contribution < 1.29 is 0 Å². The van der Waals surface area contributed by atoms with Gasteiger partial charge in [-0.3, -0.25) is 0 Å². The highest BCUT2D eigenvalue weighted by Crippen LogP contribution is 2.13. The van der Waals surface area contributed by atoms with Crippen molar-refractivity contribution in [3.05, 3.63) is 41.5 Å². The van der Waals surface area contributed by atoms with Crippen molar-refractivity contribution in [1.82, 2.24) is 0 Å². The molecule has 12 heavy (non-hydrogen) atoms. The van der Waals surface area contributed by atoms with Crippen LogP contribution in [0.5, 0.6) is 0 Å². The fraction of sp³-hybridized carbons (Fsp3) is 0.273. The Labute approximate surface area is 78.9 Å². The number of hydrogen-bond acceptors (Lipinski definition) is 0. The fourth-order valence-electron chi connectivity index (χ4n) is 1.19. The van der Waals surface area contributed by atoms with E-state index in [2.05, 4.69) is 31.7 Å². The number of halogens is 1. The quantitative estimate of drug-likeness (QED) is 0.624. The van der Waals surface area contributed by atoms with Gasteiger partial charge in [-0.2, -0.15) is 0 Å². The molecule has 0 spiro atoms. The minimum Gasteiger partial charge on any atom is -0.122 e. The van der Waals surface area contributed by atoms with Crippen LogP contribution < -0.4 is 0 Å². The van der Waals surface area contributed by atoms with E-state index in [0.717, 1.165) is 12.0 Å². The molecule has 0 N–H and O–H groups in total. The molecule has 0 bridgehead atoms. The summed E-state index contributed by atoms with van der Waals surface area (Å²) in [6.45, 7) is 5.88. The molecule has 64 valence electrons. The van der Waals surface area contributed by atoms with Crippen LogP contribution in [0.2, 0.25) is 0 Å². The first-order chi connectivity index (χ1) is 5.80. The summed E-state index contributed by atoms with van der Waals surface area (Å²) in [5.41, 5.74) is 3.65. The van der Waals surface area contributed by atoms with Crippen LogP contribution in [0.4, 0.5) is 0 Å². The zero-order chi connectivity index (χ0) is 8.97. The molecule has 1 heteroatoms. The molecule has 0 amide bonds. The minimum atomic E-state index is 0.578. The summed E-state index contributed by atoms with van der Waals surface area (Å²) >= 11 is 5.75. The molecule has 0 atom stereocenters. The predicted molar refractivity (Wildman–Crippen MR) is 55.5 cm³/mol. The Morgan fingerprint density at radius 1 is 1.33 bits per heavy atom. The lowest BCUT2D eigenvalue weighted by atomic mass is 10.1. The van der Waals surface area contributed by atoms with Gasteiger partial charge in [0.1, 0.15) is 0 Å². The molecule has 0 aromatic heterocycles. The third-order valence-electron chi connectivity index (χ3n) is 1.87. The van der Waals surface area contributed by atoms with Gasteiger partial charge in [-0.05, 0) is 23.1 Å². The van der Waals surface area contributed by atoms with E-state index in [1.807, 2.05) is 6.08 Å². The van der Waals surface area contributed by atoms with Gasteiger partial charge in [-0.1, -0.05) is 37.8 Å². The first-order valence-corrected chi connectivity index (χ1v) is 4.64. The highest BCUT2D eigenvalue weighted by Gasteiger charge is 1.96. The van der Waals surface area contributed by atoms with Crippen LogP contribution >= 0.6 is 11.6 Å². The van der Waals surface area contributed by atoms with Gasteiger partial charge in [0.15, 0.2) is 0 Å². The van der Waals surface area contributed by atoms with Crippen molar-refractivity contribution >= 4 is 17.7 Å².